The molecule has 1 N–H and O–H groups in total. The van der Waals surface area contributed by atoms with E-state index in [0.717, 1.165) is 36.0 Å². The van der Waals surface area contributed by atoms with Crippen LogP contribution in [0.2, 0.25) is 5.02 Å². The van der Waals surface area contributed by atoms with Crippen LogP contribution in [-0.2, 0) is 6.54 Å². The molecule has 2 rings (SSSR count). The van der Waals surface area contributed by atoms with Crippen LogP contribution in [0.25, 0.3) is 0 Å². The molecule has 0 saturated heterocycles. The summed E-state index contributed by atoms with van der Waals surface area (Å²) in [5, 5.41) is 4.14. The molecule has 0 radical (unpaired) electrons. The smallest absolute Gasteiger partial charge is 0.121 e. The summed E-state index contributed by atoms with van der Waals surface area (Å²) in [6.45, 7) is 3.62. The molecule has 0 saturated carbocycles. The highest BCUT2D eigenvalue weighted by Gasteiger charge is 1.97. The summed E-state index contributed by atoms with van der Waals surface area (Å²) in [5.41, 5.74) is 2.26. The van der Waals surface area contributed by atoms with Crippen LogP contribution in [0.5, 0.6) is 5.75 Å². The Morgan fingerprint density at radius 3 is 2.63 bits per heavy atom. The lowest BCUT2D eigenvalue weighted by atomic mass is 10.2. The van der Waals surface area contributed by atoms with E-state index in [9.17, 15) is 0 Å². The average molecular weight is 276 g/mol. The van der Waals surface area contributed by atoms with Gasteiger partial charge in [0.05, 0.1) is 6.61 Å². The van der Waals surface area contributed by atoms with E-state index >= 15 is 0 Å². The first-order chi connectivity index (χ1) is 9.28. The van der Waals surface area contributed by atoms with Gasteiger partial charge in [0.1, 0.15) is 5.75 Å². The third-order valence-electron chi connectivity index (χ3n) is 2.72. The predicted molar refractivity (Wildman–Crippen MR) is 81.0 cm³/mol. The fourth-order valence-electron chi connectivity index (χ4n) is 1.72. The molecule has 0 aromatic heterocycles. The molecule has 2 nitrogen and oxygen atoms in total. The van der Waals surface area contributed by atoms with Gasteiger partial charge in [-0.1, -0.05) is 36.7 Å². The molecule has 0 spiro atoms. The zero-order chi connectivity index (χ0) is 13.5. The zero-order valence-electron chi connectivity index (χ0n) is 11.0. The summed E-state index contributed by atoms with van der Waals surface area (Å²) < 4.78 is 5.61. The molecule has 0 amide bonds. The predicted octanol–water partition coefficient (Wildman–Crippen LogP) is 4.74. The van der Waals surface area contributed by atoms with E-state index in [1.165, 1.54) is 5.56 Å². The monoisotopic (exact) mass is 275 g/mol. The average Bonchev–Trinajstić information content (AvgIpc) is 2.45. The fourth-order valence-corrected chi connectivity index (χ4v) is 1.85. The van der Waals surface area contributed by atoms with Crippen molar-refractivity contribution < 1.29 is 4.74 Å². The SMILES string of the molecule is CCCOc1cccc(NCc2ccc(Cl)cc2)c1. The van der Waals surface area contributed by atoms with Crippen molar-refractivity contribution in [2.45, 2.75) is 19.9 Å². The van der Waals surface area contributed by atoms with Gasteiger partial charge in [0.15, 0.2) is 0 Å². The second-order valence-corrected chi connectivity index (χ2v) is 4.79. The van der Waals surface area contributed by atoms with Crippen molar-refractivity contribution in [3.05, 3.63) is 59.1 Å². The van der Waals surface area contributed by atoms with Crippen molar-refractivity contribution in [3.8, 4) is 5.75 Å². The lowest BCUT2D eigenvalue weighted by Crippen LogP contribution is -2.00. The van der Waals surface area contributed by atoms with Crippen LogP contribution in [0, 0.1) is 0 Å². The van der Waals surface area contributed by atoms with Crippen molar-refractivity contribution in [2.24, 2.45) is 0 Å². The molecule has 0 aliphatic carbocycles. The van der Waals surface area contributed by atoms with Gasteiger partial charge in [0.25, 0.3) is 0 Å². The number of rotatable bonds is 6. The highest BCUT2D eigenvalue weighted by molar-refractivity contribution is 6.30. The van der Waals surface area contributed by atoms with Gasteiger partial charge in [-0.25, -0.2) is 0 Å². The van der Waals surface area contributed by atoms with E-state index < -0.39 is 0 Å². The molecule has 0 atom stereocenters. The molecule has 0 bridgehead atoms. The molecule has 19 heavy (non-hydrogen) atoms. The van der Waals surface area contributed by atoms with Gasteiger partial charge in [-0.15, -0.1) is 0 Å². The topological polar surface area (TPSA) is 21.3 Å². The van der Waals surface area contributed by atoms with Gasteiger partial charge in [-0.2, -0.15) is 0 Å². The molecule has 2 aromatic carbocycles. The fraction of sp³-hybridized carbons (Fsp3) is 0.250. The molecule has 100 valence electrons. The maximum Gasteiger partial charge on any atom is 0.121 e. The zero-order valence-corrected chi connectivity index (χ0v) is 11.8. The van der Waals surface area contributed by atoms with Gasteiger partial charge in [0, 0.05) is 23.3 Å². The molecule has 3 heteroatoms. The minimum Gasteiger partial charge on any atom is -0.494 e. The third kappa shape index (κ3) is 4.49. The summed E-state index contributed by atoms with van der Waals surface area (Å²) in [6, 6.07) is 15.9. The van der Waals surface area contributed by atoms with Gasteiger partial charge in [-0.05, 0) is 36.2 Å². The van der Waals surface area contributed by atoms with Crippen LogP contribution >= 0.6 is 11.6 Å². The summed E-state index contributed by atoms with van der Waals surface area (Å²) in [6.07, 6.45) is 1.02. The van der Waals surface area contributed by atoms with Gasteiger partial charge < -0.3 is 10.1 Å². The normalized spacial score (nSPS) is 10.2. The number of nitrogens with one attached hydrogen (secondary N) is 1. The highest BCUT2D eigenvalue weighted by atomic mass is 35.5. The number of halogens is 1. The van der Waals surface area contributed by atoms with Crippen molar-refractivity contribution in [1.82, 2.24) is 0 Å². The van der Waals surface area contributed by atoms with E-state index in [2.05, 4.69) is 12.2 Å². The van der Waals surface area contributed by atoms with E-state index in [-0.39, 0.29) is 0 Å². The summed E-state index contributed by atoms with van der Waals surface area (Å²) in [7, 11) is 0. The molecular formula is C16H18ClNO. The number of hydrogen-bond donors (Lipinski definition) is 1. The van der Waals surface area contributed by atoms with E-state index in [1.807, 2.05) is 48.5 Å². The van der Waals surface area contributed by atoms with E-state index in [4.69, 9.17) is 16.3 Å². The number of ether oxygens (including phenoxy) is 1. The Balaban J connectivity index is 1.93. The quantitative estimate of drug-likeness (QED) is 0.822. The maximum atomic E-state index is 5.86. The van der Waals surface area contributed by atoms with Crippen LogP contribution in [-0.4, -0.2) is 6.61 Å². The Labute approximate surface area is 119 Å². The molecule has 0 aliphatic rings. The molecule has 0 unspecified atom stereocenters. The standard InChI is InChI=1S/C16H18ClNO/c1-2-10-19-16-5-3-4-15(11-16)18-12-13-6-8-14(17)9-7-13/h3-9,11,18H,2,10,12H2,1H3. The van der Waals surface area contributed by atoms with Crippen molar-refractivity contribution >= 4 is 17.3 Å². The molecular weight excluding hydrogens is 258 g/mol. The van der Waals surface area contributed by atoms with Crippen LogP contribution in [0.4, 0.5) is 5.69 Å². The van der Waals surface area contributed by atoms with Gasteiger partial charge in [-0.3, -0.25) is 0 Å². The molecule has 0 aliphatic heterocycles. The summed E-state index contributed by atoms with van der Waals surface area (Å²) in [5.74, 6) is 0.906. The Kier molecular flexibility index (Phi) is 5.10. The van der Waals surface area contributed by atoms with Gasteiger partial charge >= 0.3 is 0 Å². The first-order valence-electron chi connectivity index (χ1n) is 6.49. The Morgan fingerprint density at radius 1 is 1.11 bits per heavy atom. The Hall–Kier alpha value is -1.67. The highest BCUT2D eigenvalue weighted by Crippen LogP contribution is 2.18. The number of hydrogen-bond acceptors (Lipinski definition) is 2. The van der Waals surface area contributed by atoms with Crippen molar-refractivity contribution in [2.75, 3.05) is 11.9 Å². The first-order valence-corrected chi connectivity index (χ1v) is 6.87. The van der Waals surface area contributed by atoms with Crippen molar-refractivity contribution in [3.63, 3.8) is 0 Å². The first kappa shape index (κ1) is 13.8. The second kappa shape index (κ2) is 7.05. The summed E-state index contributed by atoms with van der Waals surface area (Å²) >= 11 is 5.86. The van der Waals surface area contributed by atoms with Crippen LogP contribution in [0.1, 0.15) is 18.9 Å². The lowest BCUT2D eigenvalue weighted by molar-refractivity contribution is 0.317. The van der Waals surface area contributed by atoms with Crippen molar-refractivity contribution in [1.29, 1.82) is 0 Å². The van der Waals surface area contributed by atoms with E-state index in [0.29, 0.717) is 0 Å². The molecule has 0 fully saturated rings. The Bertz CT molecular complexity index is 510. The number of benzene rings is 2. The van der Waals surface area contributed by atoms with Gasteiger partial charge in [0.2, 0.25) is 0 Å². The maximum absolute atomic E-state index is 5.86. The Morgan fingerprint density at radius 2 is 1.89 bits per heavy atom. The third-order valence-corrected chi connectivity index (χ3v) is 2.97. The largest absolute Gasteiger partial charge is 0.494 e. The lowest BCUT2D eigenvalue weighted by Gasteiger charge is -2.09. The minimum atomic E-state index is 0.751. The summed E-state index contributed by atoms with van der Waals surface area (Å²) in [4.78, 5) is 0. The molecule has 0 heterocycles. The minimum absolute atomic E-state index is 0.751. The second-order valence-electron chi connectivity index (χ2n) is 4.36. The molecule has 2 aromatic rings. The van der Waals surface area contributed by atoms with Crippen LogP contribution < -0.4 is 10.1 Å². The number of anilines is 1. The van der Waals surface area contributed by atoms with Crippen LogP contribution in [0.3, 0.4) is 0 Å². The van der Waals surface area contributed by atoms with Crippen LogP contribution in [0.15, 0.2) is 48.5 Å². The van der Waals surface area contributed by atoms with E-state index in [1.54, 1.807) is 0 Å².